The molecule has 1 amide bonds. The molecule has 5 nitrogen and oxygen atoms in total. The molecule has 2 heterocycles. The van der Waals surface area contributed by atoms with E-state index in [1.54, 1.807) is 0 Å². The van der Waals surface area contributed by atoms with Crippen LogP contribution < -0.4 is 10.6 Å². The van der Waals surface area contributed by atoms with Crippen LogP contribution in [0.1, 0.15) is 50.5 Å². The van der Waals surface area contributed by atoms with Crippen LogP contribution in [0.4, 0.5) is 0 Å². The van der Waals surface area contributed by atoms with Gasteiger partial charge in [-0.15, -0.1) is 0 Å². The maximum absolute atomic E-state index is 11.9. The highest BCUT2D eigenvalue weighted by Crippen LogP contribution is 2.22. The van der Waals surface area contributed by atoms with E-state index in [4.69, 9.17) is 4.52 Å². The first kappa shape index (κ1) is 14.1. The Morgan fingerprint density at radius 1 is 1.58 bits per heavy atom. The van der Waals surface area contributed by atoms with Crippen LogP contribution in [0.15, 0.2) is 10.6 Å². The third kappa shape index (κ3) is 3.56. The van der Waals surface area contributed by atoms with E-state index >= 15 is 0 Å². The lowest BCUT2D eigenvalue weighted by Gasteiger charge is -2.08. The van der Waals surface area contributed by atoms with Gasteiger partial charge in [-0.2, -0.15) is 0 Å². The minimum absolute atomic E-state index is 0.0985. The molecule has 1 aromatic heterocycles. The topological polar surface area (TPSA) is 67.2 Å². The quantitative estimate of drug-likeness (QED) is 0.823. The van der Waals surface area contributed by atoms with Gasteiger partial charge in [-0.05, 0) is 25.8 Å². The number of carbonyl (C=O) groups is 1. The maximum atomic E-state index is 11.9. The van der Waals surface area contributed by atoms with Crippen molar-refractivity contribution in [1.82, 2.24) is 15.8 Å². The van der Waals surface area contributed by atoms with Crippen molar-refractivity contribution >= 4 is 5.91 Å². The van der Waals surface area contributed by atoms with Crippen LogP contribution in [-0.4, -0.2) is 24.2 Å². The van der Waals surface area contributed by atoms with Gasteiger partial charge in [0.2, 0.25) is 5.91 Å². The molecule has 0 spiro atoms. The molecule has 1 saturated heterocycles. The molecule has 1 unspecified atom stereocenters. The van der Waals surface area contributed by atoms with E-state index in [0.717, 1.165) is 43.8 Å². The van der Waals surface area contributed by atoms with Crippen molar-refractivity contribution < 1.29 is 9.32 Å². The zero-order valence-corrected chi connectivity index (χ0v) is 11.7. The molecule has 1 aliphatic rings. The highest BCUT2D eigenvalue weighted by Gasteiger charge is 2.22. The molecule has 1 aromatic rings. The van der Waals surface area contributed by atoms with Crippen LogP contribution in [-0.2, 0) is 11.3 Å². The summed E-state index contributed by atoms with van der Waals surface area (Å²) in [6, 6.07) is 1.96. The van der Waals surface area contributed by atoms with Crippen molar-refractivity contribution in [3.05, 3.63) is 17.5 Å². The number of nitrogens with zero attached hydrogens (tertiary/aromatic N) is 1. The van der Waals surface area contributed by atoms with Gasteiger partial charge < -0.3 is 15.2 Å². The predicted molar refractivity (Wildman–Crippen MR) is 72.6 cm³/mol. The molecule has 2 N–H and O–H groups in total. The molecule has 106 valence electrons. The lowest BCUT2D eigenvalue weighted by molar-refractivity contribution is -0.124. The molecule has 2 rings (SSSR count). The second-order valence-electron chi connectivity index (χ2n) is 5.14. The van der Waals surface area contributed by atoms with E-state index in [1.165, 1.54) is 0 Å². The van der Waals surface area contributed by atoms with Gasteiger partial charge in [0.15, 0.2) is 5.76 Å². The fraction of sp³-hybridized carbons (Fsp3) is 0.714. The van der Waals surface area contributed by atoms with Crippen LogP contribution in [0.25, 0.3) is 0 Å². The maximum Gasteiger partial charge on any atom is 0.224 e. The molecular weight excluding hydrogens is 242 g/mol. The van der Waals surface area contributed by atoms with Gasteiger partial charge in [-0.25, -0.2) is 0 Å². The Hall–Kier alpha value is -1.36. The Balaban J connectivity index is 1.84. The number of nitrogens with one attached hydrogen (secondary N) is 2. The van der Waals surface area contributed by atoms with Crippen molar-refractivity contribution in [3.63, 3.8) is 0 Å². The van der Waals surface area contributed by atoms with Gasteiger partial charge >= 0.3 is 0 Å². The number of amides is 1. The lowest BCUT2D eigenvalue weighted by Crippen LogP contribution is -2.31. The average Bonchev–Trinajstić information content (AvgIpc) is 3.09. The average molecular weight is 265 g/mol. The number of rotatable bonds is 6. The van der Waals surface area contributed by atoms with E-state index in [1.807, 2.05) is 6.07 Å². The Bertz CT molecular complexity index is 407. The van der Waals surface area contributed by atoms with E-state index in [0.29, 0.717) is 12.5 Å². The summed E-state index contributed by atoms with van der Waals surface area (Å²) in [5, 5.41) is 10.2. The Kier molecular flexibility index (Phi) is 4.96. The summed E-state index contributed by atoms with van der Waals surface area (Å²) < 4.78 is 5.28. The van der Waals surface area contributed by atoms with Crippen molar-refractivity contribution in [3.8, 4) is 0 Å². The second-order valence-corrected chi connectivity index (χ2v) is 5.14. The first-order valence-electron chi connectivity index (χ1n) is 7.18. The van der Waals surface area contributed by atoms with Crippen LogP contribution in [0, 0.1) is 5.92 Å². The lowest BCUT2D eigenvalue weighted by atomic mass is 9.99. The third-order valence-electron chi connectivity index (χ3n) is 3.85. The number of hydrogen-bond donors (Lipinski definition) is 2. The molecule has 1 fully saturated rings. The van der Waals surface area contributed by atoms with E-state index in [-0.39, 0.29) is 11.8 Å². The SMILES string of the molecule is CCC(CC)c1cc(CNC(=O)C2CCNC2)on1. The first-order valence-corrected chi connectivity index (χ1v) is 7.18. The van der Waals surface area contributed by atoms with Gasteiger partial charge in [-0.1, -0.05) is 19.0 Å². The minimum atomic E-state index is 0.0985. The molecule has 0 aliphatic carbocycles. The van der Waals surface area contributed by atoms with E-state index in [2.05, 4.69) is 29.6 Å². The summed E-state index contributed by atoms with van der Waals surface area (Å²) >= 11 is 0. The molecule has 5 heteroatoms. The third-order valence-corrected chi connectivity index (χ3v) is 3.85. The smallest absolute Gasteiger partial charge is 0.224 e. The summed E-state index contributed by atoms with van der Waals surface area (Å²) in [4.78, 5) is 11.9. The van der Waals surface area contributed by atoms with Gasteiger partial charge in [0.25, 0.3) is 0 Å². The van der Waals surface area contributed by atoms with E-state index in [9.17, 15) is 4.79 Å². The summed E-state index contributed by atoms with van der Waals surface area (Å²) in [7, 11) is 0. The van der Waals surface area contributed by atoms with Crippen LogP contribution in [0.5, 0.6) is 0 Å². The molecule has 0 saturated carbocycles. The Morgan fingerprint density at radius 3 is 3.00 bits per heavy atom. The van der Waals surface area contributed by atoms with Crippen LogP contribution >= 0.6 is 0 Å². The Morgan fingerprint density at radius 2 is 2.37 bits per heavy atom. The normalized spacial score (nSPS) is 19.0. The zero-order valence-electron chi connectivity index (χ0n) is 11.7. The van der Waals surface area contributed by atoms with Crippen LogP contribution in [0.2, 0.25) is 0 Å². The molecule has 0 aromatic carbocycles. The summed E-state index contributed by atoms with van der Waals surface area (Å²) in [5.41, 5.74) is 0.997. The fourth-order valence-corrected chi connectivity index (χ4v) is 2.51. The van der Waals surface area contributed by atoms with Gasteiger partial charge in [0.05, 0.1) is 18.2 Å². The number of hydrogen-bond acceptors (Lipinski definition) is 4. The first-order chi connectivity index (χ1) is 9.24. The van der Waals surface area contributed by atoms with Crippen molar-refractivity contribution in [2.24, 2.45) is 5.92 Å². The summed E-state index contributed by atoms with van der Waals surface area (Å²) in [6.45, 7) is 6.44. The number of carbonyl (C=O) groups excluding carboxylic acids is 1. The highest BCUT2D eigenvalue weighted by atomic mass is 16.5. The van der Waals surface area contributed by atoms with Gasteiger partial charge in [0, 0.05) is 18.5 Å². The molecule has 1 atom stereocenters. The molecule has 0 bridgehead atoms. The van der Waals surface area contributed by atoms with Crippen LogP contribution in [0.3, 0.4) is 0 Å². The minimum Gasteiger partial charge on any atom is -0.359 e. The summed E-state index contributed by atoms with van der Waals surface area (Å²) in [6.07, 6.45) is 3.03. The monoisotopic (exact) mass is 265 g/mol. The number of aromatic nitrogens is 1. The van der Waals surface area contributed by atoms with Crippen molar-refractivity contribution in [2.45, 2.75) is 45.6 Å². The second kappa shape index (κ2) is 6.70. The molecule has 0 radical (unpaired) electrons. The zero-order chi connectivity index (χ0) is 13.7. The highest BCUT2D eigenvalue weighted by molar-refractivity contribution is 5.79. The fourth-order valence-electron chi connectivity index (χ4n) is 2.51. The standard InChI is InChI=1S/C14H23N3O2/c1-3-10(4-2)13-7-12(19-17-13)9-16-14(18)11-5-6-15-8-11/h7,10-11,15H,3-6,8-9H2,1-2H3,(H,16,18). The largest absolute Gasteiger partial charge is 0.359 e. The summed E-state index contributed by atoms with van der Waals surface area (Å²) in [5.74, 6) is 1.39. The van der Waals surface area contributed by atoms with E-state index < -0.39 is 0 Å². The molecular formula is C14H23N3O2. The molecule has 1 aliphatic heterocycles. The Labute approximate surface area is 114 Å². The van der Waals surface area contributed by atoms with Crippen molar-refractivity contribution in [2.75, 3.05) is 13.1 Å². The van der Waals surface area contributed by atoms with Gasteiger partial charge in [0.1, 0.15) is 0 Å². The molecule has 19 heavy (non-hydrogen) atoms. The predicted octanol–water partition coefficient (Wildman–Crippen LogP) is 1.80. The van der Waals surface area contributed by atoms with Gasteiger partial charge in [-0.3, -0.25) is 4.79 Å². The van der Waals surface area contributed by atoms with Crippen molar-refractivity contribution in [1.29, 1.82) is 0 Å².